The van der Waals surface area contributed by atoms with Crippen LogP contribution in [-0.4, -0.2) is 24.3 Å². The van der Waals surface area contributed by atoms with Gasteiger partial charge in [-0.3, -0.25) is 0 Å². The zero-order valence-corrected chi connectivity index (χ0v) is 6.49. The van der Waals surface area contributed by atoms with Crippen LogP contribution in [0.15, 0.2) is 0 Å². The topological polar surface area (TPSA) is 123 Å². The van der Waals surface area contributed by atoms with E-state index < -0.39 is 11.4 Å². The van der Waals surface area contributed by atoms with Gasteiger partial charge in [0.15, 0.2) is 0 Å². The third-order valence-corrected chi connectivity index (χ3v) is 0. The molecule has 0 heterocycles. The van der Waals surface area contributed by atoms with Gasteiger partial charge in [0.05, 0.1) is 11.4 Å². The van der Waals surface area contributed by atoms with Crippen molar-refractivity contribution in [3.05, 3.63) is 0 Å². The molecule has 7 heteroatoms. The van der Waals surface area contributed by atoms with E-state index in [2.05, 4.69) is 0 Å². The Morgan fingerprint density at radius 3 is 1.43 bits per heavy atom. The Morgan fingerprint density at radius 1 is 1.43 bits per heavy atom. The molecule has 0 fully saturated rings. The Morgan fingerprint density at radius 2 is 1.43 bits per heavy atom. The molecule has 0 aliphatic rings. The summed E-state index contributed by atoms with van der Waals surface area (Å²) in [7, 11) is 0. The summed E-state index contributed by atoms with van der Waals surface area (Å²) in [6.07, 6.45) is 0. The molecule has 0 saturated heterocycles. The van der Waals surface area contributed by atoms with E-state index in [1.165, 1.54) is 0 Å². The molecule has 0 radical (unpaired) electrons. The van der Waals surface area contributed by atoms with Crippen LogP contribution in [0.5, 0.6) is 0 Å². The standard InChI is InChI=1S/Na.H2O3S.2H2O/c;1-4(2)3;;/h;(H2,1,2,3);2*1H2/q+1;;;/p-1. The fourth-order valence-electron chi connectivity index (χ4n) is 0. The normalized spacial score (nSPS) is 8.86. The molecule has 0 spiro atoms. The van der Waals surface area contributed by atoms with Gasteiger partial charge in [-0.1, -0.05) is 0 Å². The molecule has 1 atom stereocenters. The van der Waals surface area contributed by atoms with E-state index in [1.807, 2.05) is 0 Å². The van der Waals surface area contributed by atoms with Crippen molar-refractivity contribution in [3.8, 4) is 0 Å². The third kappa shape index (κ3) is 178. The first-order valence-electron chi connectivity index (χ1n) is 0.516. The first-order valence-corrected chi connectivity index (χ1v) is 1.55. The molecule has 7 heavy (non-hydrogen) atoms. The molecule has 5 N–H and O–H groups in total. The van der Waals surface area contributed by atoms with Gasteiger partial charge in [0.1, 0.15) is 0 Å². The zero-order chi connectivity index (χ0) is 3.58. The SMILES string of the molecule is O.O.O=S([O-])O.[Na+]. The van der Waals surface area contributed by atoms with Crippen LogP contribution in [-0.2, 0) is 11.4 Å². The summed E-state index contributed by atoms with van der Waals surface area (Å²) in [5, 5.41) is 0. The maximum absolute atomic E-state index is 8.56. The predicted octanol–water partition coefficient (Wildman–Crippen LogP) is -5.31. The van der Waals surface area contributed by atoms with Gasteiger partial charge in [0, 0.05) is 0 Å². The van der Waals surface area contributed by atoms with Gasteiger partial charge in [-0.25, -0.2) is 4.21 Å². The fourth-order valence-corrected chi connectivity index (χ4v) is 0. The van der Waals surface area contributed by atoms with E-state index in [0.29, 0.717) is 0 Å². The summed E-state index contributed by atoms with van der Waals surface area (Å²) in [4.78, 5) is 0. The second-order valence-electron chi connectivity index (χ2n) is 0.217. The van der Waals surface area contributed by atoms with Gasteiger partial charge >= 0.3 is 29.6 Å². The largest absolute Gasteiger partial charge is 1.00 e. The molecule has 0 rings (SSSR count). The molecule has 0 amide bonds. The van der Waals surface area contributed by atoms with Gasteiger partial charge in [-0.15, -0.1) is 0 Å². The van der Waals surface area contributed by atoms with Crippen LogP contribution in [0.2, 0.25) is 0 Å². The molecule has 0 aromatic rings. The molecule has 0 aromatic heterocycles. The van der Waals surface area contributed by atoms with E-state index in [1.54, 1.807) is 0 Å². The predicted molar refractivity (Wildman–Crippen MR) is 18.8 cm³/mol. The zero-order valence-electron chi connectivity index (χ0n) is 3.67. The minimum atomic E-state index is -2.86. The Kier molecular flexibility index (Phi) is 55.2. The number of rotatable bonds is 0. The van der Waals surface area contributed by atoms with Gasteiger partial charge in [-0.05, 0) is 0 Å². The Balaban J connectivity index is -0.0000000150. The molecular formula is H5NaO5S. The first-order chi connectivity index (χ1) is 1.73. The van der Waals surface area contributed by atoms with E-state index in [9.17, 15) is 0 Å². The van der Waals surface area contributed by atoms with Crippen molar-refractivity contribution in [2.45, 2.75) is 0 Å². The van der Waals surface area contributed by atoms with E-state index in [-0.39, 0.29) is 40.5 Å². The van der Waals surface area contributed by atoms with Crippen LogP contribution >= 0.6 is 0 Å². The fraction of sp³-hybridized carbons (Fsp3) is 0. The summed E-state index contributed by atoms with van der Waals surface area (Å²) in [6.45, 7) is 0. The first kappa shape index (κ1) is 24.5. The minimum Gasteiger partial charge on any atom is -0.750 e. The Labute approximate surface area is 65.1 Å². The smallest absolute Gasteiger partial charge is 0.750 e. The minimum absolute atomic E-state index is 0. The van der Waals surface area contributed by atoms with Crippen molar-refractivity contribution in [2.75, 3.05) is 0 Å². The van der Waals surface area contributed by atoms with E-state index in [4.69, 9.17) is 13.3 Å². The summed E-state index contributed by atoms with van der Waals surface area (Å²) in [6, 6.07) is 0. The molecule has 42 valence electrons. The maximum atomic E-state index is 8.56. The summed E-state index contributed by atoms with van der Waals surface area (Å²) >= 11 is -2.86. The molecule has 0 saturated carbocycles. The molecule has 1 unspecified atom stereocenters. The van der Waals surface area contributed by atoms with Gasteiger partial charge in [0.2, 0.25) is 0 Å². The van der Waals surface area contributed by atoms with E-state index in [0.717, 1.165) is 0 Å². The molecule has 0 aliphatic carbocycles. The van der Waals surface area contributed by atoms with Crippen molar-refractivity contribution in [1.82, 2.24) is 0 Å². The van der Waals surface area contributed by atoms with Crippen LogP contribution in [0.1, 0.15) is 0 Å². The Hall–Kier alpha value is 0.990. The van der Waals surface area contributed by atoms with Gasteiger partial charge < -0.3 is 20.1 Å². The van der Waals surface area contributed by atoms with Crippen LogP contribution in [0.4, 0.5) is 0 Å². The van der Waals surface area contributed by atoms with Crippen LogP contribution < -0.4 is 29.6 Å². The number of hydrogen-bond donors (Lipinski definition) is 1. The maximum Gasteiger partial charge on any atom is 1.00 e. The monoisotopic (exact) mass is 140 g/mol. The molecule has 5 nitrogen and oxygen atoms in total. The third-order valence-electron chi connectivity index (χ3n) is 0. The average Bonchev–Trinajstić information content (AvgIpc) is 0.811. The van der Waals surface area contributed by atoms with Crippen molar-refractivity contribution in [2.24, 2.45) is 0 Å². The summed E-state index contributed by atoms with van der Waals surface area (Å²) < 4.78 is 24.1. The van der Waals surface area contributed by atoms with Gasteiger partial charge in [0.25, 0.3) is 0 Å². The summed E-state index contributed by atoms with van der Waals surface area (Å²) in [5.41, 5.74) is 0. The van der Waals surface area contributed by atoms with Crippen molar-refractivity contribution in [1.29, 1.82) is 0 Å². The van der Waals surface area contributed by atoms with Crippen molar-refractivity contribution >= 4 is 11.4 Å². The van der Waals surface area contributed by atoms with E-state index >= 15 is 0 Å². The molecule has 0 bridgehead atoms. The van der Waals surface area contributed by atoms with Crippen molar-refractivity contribution < 1.29 is 53.8 Å². The second kappa shape index (κ2) is 15.8. The van der Waals surface area contributed by atoms with Crippen molar-refractivity contribution in [3.63, 3.8) is 0 Å². The average molecular weight is 140 g/mol. The molecule has 0 aromatic carbocycles. The van der Waals surface area contributed by atoms with Crippen LogP contribution in [0, 0.1) is 0 Å². The Bertz CT molecular complexity index is 31.1. The second-order valence-corrected chi connectivity index (χ2v) is 0.651. The summed E-state index contributed by atoms with van der Waals surface area (Å²) in [5.74, 6) is 0. The van der Waals surface area contributed by atoms with Gasteiger partial charge in [-0.2, -0.15) is 0 Å². The molecular weight excluding hydrogens is 135 g/mol. The van der Waals surface area contributed by atoms with Crippen LogP contribution in [0.3, 0.4) is 0 Å². The number of hydrogen-bond acceptors (Lipinski definition) is 2. The molecule has 0 aliphatic heterocycles. The van der Waals surface area contributed by atoms with Crippen LogP contribution in [0.25, 0.3) is 0 Å². The quantitative estimate of drug-likeness (QED) is 0.267.